The third kappa shape index (κ3) is 2.01. The zero-order valence-corrected chi connectivity index (χ0v) is 10.2. The molecule has 0 aliphatic heterocycles. The number of benzene rings is 1. The van der Waals surface area contributed by atoms with Crippen LogP contribution in [0.15, 0.2) is 24.3 Å². The van der Waals surface area contributed by atoms with Gasteiger partial charge in [0.05, 0.1) is 0 Å². The largest absolute Gasteiger partial charge is 0.446 e. The molecule has 110 valence electrons. The van der Waals surface area contributed by atoms with Crippen molar-refractivity contribution in [3.63, 3.8) is 0 Å². The van der Waals surface area contributed by atoms with Crippen LogP contribution in [0, 0.1) is 0 Å². The Bertz CT molecular complexity index is 539. The first-order chi connectivity index (χ1) is 9.11. The summed E-state index contributed by atoms with van der Waals surface area (Å²) in [4.78, 5) is 12.1. The minimum atomic E-state index is -5.67. The molecule has 0 saturated carbocycles. The molecule has 2 N–H and O–H groups in total. The summed E-state index contributed by atoms with van der Waals surface area (Å²) >= 11 is 0. The quantitative estimate of drug-likeness (QED) is 0.474. The smallest absolute Gasteiger partial charge is 0.356 e. The molecule has 0 radical (unpaired) electrons. The number of carbonyl (C=O) groups excluding carboxylic acids is 1. The van der Waals surface area contributed by atoms with Crippen LogP contribution in [-0.2, 0) is 6.42 Å². The molecule has 0 aromatic heterocycles. The van der Waals surface area contributed by atoms with E-state index >= 15 is 0 Å². The first-order valence-electron chi connectivity index (χ1n) is 5.94. The topological polar surface area (TPSA) is 57.5 Å². The van der Waals surface area contributed by atoms with Gasteiger partial charge in [-0.3, -0.25) is 4.79 Å². The molecule has 1 aliphatic rings. The summed E-state index contributed by atoms with van der Waals surface area (Å²) in [7, 11) is 0. The molecule has 1 aromatic rings. The molecule has 1 atom stereocenters. The molecular weight excluding hydrogens is 280 g/mol. The lowest BCUT2D eigenvalue weighted by atomic mass is 9.84. The van der Waals surface area contributed by atoms with Crippen molar-refractivity contribution in [3.8, 4) is 0 Å². The van der Waals surface area contributed by atoms with E-state index in [4.69, 9.17) is 0 Å². The summed E-state index contributed by atoms with van der Waals surface area (Å²) in [5.74, 6) is -6.26. The van der Waals surface area contributed by atoms with Gasteiger partial charge in [0.25, 0.3) is 0 Å². The predicted molar refractivity (Wildman–Crippen MR) is 60.8 cm³/mol. The van der Waals surface area contributed by atoms with Crippen LogP contribution in [0.5, 0.6) is 0 Å². The minimum Gasteiger partial charge on any atom is -0.356 e. The second kappa shape index (κ2) is 4.53. The fourth-order valence-corrected chi connectivity index (χ4v) is 2.37. The van der Waals surface area contributed by atoms with Crippen LogP contribution >= 0.6 is 0 Å². The van der Waals surface area contributed by atoms with E-state index in [1.54, 1.807) is 6.07 Å². The minimum absolute atomic E-state index is 0.0990. The average molecular weight is 292 g/mol. The first kappa shape index (κ1) is 14.9. The number of rotatable bonds is 1. The van der Waals surface area contributed by atoms with E-state index in [0.29, 0.717) is 5.56 Å². The lowest BCUT2D eigenvalue weighted by Crippen LogP contribution is -2.64. The second-order valence-electron chi connectivity index (χ2n) is 4.81. The number of halogens is 4. The van der Waals surface area contributed by atoms with E-state index in [-0.39, 0.29) is 18.4 Å². The summed E-state index contributed by atoms with van der Waals surface area (Å²) in [6.45, 7) is 0. The number of Topliss-reactive ketones (excluding diaryl/α,β-unsaturated/α-hetero) is 1. The summed E-state index contributed by atoms with van der Waals surface area (Å²) in [5, 5.41) is 18.4. The van der Waals surface area contributed by atoms with Crippen molar-refractivity contribution in [1.82, 2.24) is 0 Å². The highest BCUT2D eigenvalue weighted by Crippen LogP contribution is 2.45. The van der Waals surface area contributed by atoms with Gasteiger partial charge in [-0.15, -0.1) is 0 Å². The maximum atomic E-state index is 14.6. The number of aryl methyl sites for hydroxylation is 1. The molecule has 1 aromatic carbocycles. The monoisotopic (exact) mass is 292 g/mol. The summed E-state index contributed by atoms with van der Waals surface area (Å²) in [6, 6.07) is 5.64. The van der Waals surface area contributed by atoms with Gasteiger partial charge in [-0.05, 0) is 24.8 Å². The maximum absolute atomic E-state index is 14.6. The van der Waals surface area contributed by atoms with Crippen molar-refractivity contribution in [3.05, 3.63) is 35.4 Å². The Morgan fingerprint density at radius 2 is 1.75 bits per heavy atom. The number of hydrogen-bond acceptors (Lipinski definition) is 3. The third-order valence-electron chi connectivity index (χ3n) is 3.54. The zero-order chi connectivity index (χ0) is 15.2. The molecule has 20 heavy (non-hydrogen) atoms. The number of carbonyl (C=O) groups is 1. The Morgan fingerprint density at radius 1 is 1.15 bits per heavy atom. The fourth-order valence-electron chi connectivity index (χ4n) is 2.37. The summed E-state index contributed by atoms with van der Waals surface area (Å²) in [5.41, 5.74) is -3.66. The van der Waals surface area contributed by atoms with Gasteiger partial charge in [-0.25, -0.2) is 4.39 Å². The molecule has 0 amide bonds. The standard InChI is InChI=1S/C13H12F4O3/c14-11(12(19,20)13(15,16)17)7-3-5-8-4-1-2-6-9(8)10(11)18/h1-2,4,6,19-20H,3,5,7H2. The summed E-state index contributed by atoms with van der Waals surface area (Å²) < 4.78 is 52.6. The van der Waals surface area contributed by atoms with Crippen molar-refractivity contribution in [1.29, 1.82) is 0 Å². The molecule has 2 rings (SSSR count). The molecule has 0 bridgehead atoms. The molecule has 3 nitrogen and oxygen atoms in total. The van der Waals surface area contributed by atoms with E-state index in [9.17, 15) is 32.6 Å². The Morgan fingerprint density at radius 3 is 2.35 bits per heavy atom. The van der Waals surface area contributed by atoms with Gasteiger partial charge < -0.3 is 10.2 Å². The van der Waals surface area contributed by atoms with Crippen molar-refractivity contribution in [2.75, 3.05) is 0 Å². The van der Waals surface area contributed by atoms with Crippen LogP contribution in [0.4, 0.5) is 17.6 Å². The van der Waals surface area contributed by atoms with Crippen molar-refractivity contribution in [2.24, 2.45) is 0 Å². The molecule has 0 spiro atoms. The van der Waals surface area contributed by atoms with Crippen molar-refractivity contribution < 1.29 is 32.6 Å². The highest BCUT2D eigenvalue weighted by Gasteiger charge is 2.70. The second-order valence-corrected chi connectivity index (χ2v) is 4.81. The molecular formula is C13H12F4O3. The summed E-state index contributed by atoms with van der Waals surface area (Å²) in [6.07, 6.45) is -6.48. The van der Waals surface area contributed by atoms with Crippen LogP contribution in [-0.4, -0.2) is 33.6 Å². The molecule has 1 unspecified atom stereocenters. The number of hydrogen-bond donors (Lipinski definition) is 2. The Hall–Kier alpha value is -1.47. The highest BCUT2D eigenvalue weighted by molar-refractivity contribution is 6.04. The van der Waals surface area contributed by atoms with Gasteiger partial charge in [0.2, 0.25) is 11.5 Å². The van der Waals surface area contributed by atoms with Gasteiger partial charge in [-0.2, -0.15) is 13.2 Å². The normalized spacial score (nSPS) is 24.2. The highest BCUT2D eigenvalue weighted by atomic mass is 19.4. The lowest BCUT2D eigenvalue weighted by molar-refractivity contribution is -0.383. The number of ketones is 1. The predicted octanol–water partition coefficient (Wildman–Crippen LogP) is 2.16. The number of fused-ring (bicyclic) bond motifs is 1. The molecule has 0 heterocycles. The van der Waals surface area contributed by atoms with Crippen LogP contribution < -0.4 is 0 Å². The molecule has 0 fully saturated rings. The third-order valence-corrected chi connectivity index (χ3v) is 3.54. The van der Waals surface area contributed by atoms with E-state index in [1.807, 2.05) is 0 Å². The lowest BCUT2D eigenvalue weighted by Gasteiger charge is -2.36. The van der Waals surface area contributed by atoms with Gasteiger partial charge in [0, 0.05) is 5.56 Å². The maximum Gasteiger partial charge on any atom is 0.446 e. The fraction of sp³-hybridized carbons (Fsp3) is 0.462. The van der Waals surface area contributed by atoms with E-state index in [1.165, 1.54) is 18.2 Å². The average Bonchev–Trinajstić information content (AvgIpc) is 2.48. The van der Waals surface area contributed by atoms with Crippen LogP contribution in [0.1, 0.15) is 28.8 Å². The van der Waals surface area contributed by atoms with Gasteiger partial charge in [-0.1, -0.05) is 24.3 Å². The van der Waals surface area contributed by atoms with E-state index in [2.05, 4.69) is 0 Å². The van der Waals surface area contributed by atoms with Crippen molar-refractivity contribution >= 4 is 5.78 Å². The van der Waals surface area contributed by atoms with Crippen LogP contribution in [0.3, 0.4) is 0 Å². The molecule has 7 heteroatoms. The van der Waals surface area contributed by atoms with Gasteiger partial charge in [0.15, 0.2) is 0 Å². The van der Waals surface area contributed by atoms with Gasteiger partial charge >= 0.3 is 12.0 Å². The zero-order valence-electron chi connectivity index (χ0n) is 10.2. The molecule has 0 saturated heterocycles. The van der Waals surface area contributed by atoms with E-state index in [0.717, 1.165) is 0 Å². The van der Waals surface area contributed by atoms with Crippen LogP contribution in [0.25, 0.3) is 0 Å². The van der Waals surface area contributed by atoms with Gasteiger partial charge in [0.1, 0.15) is 0 Å². The number of aliphatic hydroxyl groups is 2. The number of alkyl halides is 4. The van der Waals surface area contributed by atoms with Crippen LogP contribution in [0.2, 0.25) is 0 Å². The Balaban J connectivity index is 2.56. The Kier molecular flexibility index (Phi) is 3.38. The van der Waals surface area contributed by atoms with E-state index < -0.39 is 29.8 Å². The molecule has 1 aliphatic carbocycles. The SMILES string of the molecule is O=C1c2ccccc2CCCC1(F)C(O)(O)C(F)(F)F. The van der Waals surface area contributed by atoms with Crippen molar-refractivity contribution in [2.45, 2.75) is 36.9 Å². The first-order valence-corrected chi connectivity index (χ1v) is 5.94. The Labute approximate surface area is 111 Å².